The van der Waals surface area contributed by atoms with E-state index in [4.69, 9.17) is 18.9 Å². The second-order valence-electron chi connectivity index (χ2n) is 14.5. The van der Waals surface area contributed by atoms with Crippen LogP contribution in [0.4, 0.5) is 34.1 Å². The van der Waals surface area contributed by atoms with Crippen LogP contribution in [0.1, 0.15) is 33.4 Å². The molecule has 322 valence electrons. The van der Waals surface area contributed by atoms with Crippen molar-refractivity contribution in [1.82, 2.24) is 0 Å². The molecule has 0 radical (unpaired) electrons. The molecule has 0 saturated carbocycles. The summed E-state index contributed by atoms with van der Waals surface area (Å²) in [6.45, 7) is 3.99. The molecule has 0 aliphatic heterocycles. The minimum absolute atomic E-state index is 0.427. The van der Waals surface area contributed by atoms with Gasteiger partial charge in [-0.1, -0.05) is 60.7 Å². The Morgan fingerprint density at radius 3 is 0.906 bits per heavy atom. The van der Waals surface area contributed by atoms with Gasteiger partial charge in [-0.3, -0.25) is 0 Å². The topological polar surface area (TPSA) is 112 Å². The Balaban J connectivity index is 1.33. The fourth-order valence-corrected chi connectivity index (χ4v) is 6.86. The Morgan fingerprint density at radius 1 is 0.359 bits per heavy atom. The van der Waals surface area contributed by atoms with Gasteiger partial charge >= 0.3 is 23.9 Å². The van der Waals surface area contributed by atoms with Crippen molar-refractivity contribution >= 4 is 82.3 Å². The molecule has 0 unspecified atom stereocenters. The summed E-state index contributed by atoms with van der Waals surface area (Å²) >= 11 is 0. The van der Waals surface area contributed by atoms with E-state index in [1.807, 2.05) is 86.6 Å². The van der Waals surface area contributed by atoms with Gasteiger partial charge in [-0.25, -0.2) is 19.2 Å². The maximum absolute atomic E-state index is 11.8. The summed E-state index contributed by atoms with van der Waals surface area (Å²) < 4.78 is 19.1. The van der Waals surface area contributed by atoms with E-state index >= 15 is 0 Å². The van der Waals surface area contributed by atoms with Gasteiger partial charge in [0.1, 0.15) is 0 Å². The minimum Gasteiger partial charge on any atom is -0.466 e. The van der Waals surface area contributed by atoms with Crippen molar-refractivity contribution in [2.24, 2.45) is 0 Å². The number of aryl methyl sites for hydroxylation is 2. The first-order valence-corrected chi connectivity index (χ1v) is 20.3. The van der Waals surface area contributed by atoms with Crippen molar-refractivity contribution in [3.63, 3.8) is 0 Å². The number of esters is 4. The maximum atomic E-state index is 11.8. The van der Waals surface area contributed by atoms with Gasteiger partial charge in [0.05, 0.1) is 28.4 Å². The molecule has 0 spiro atoms. The lowest BCUT2D eigenvalue weighted by Crippen LogP contribution is -2.10. The predicted molar refractivity (Wildman–Crippen MR) is 255 cm³/mol. The number of ether oxygens (including phenoxy) is 4. The average molecular weight is 853 g/mol. The van der Waals surface area contributed by atoms with Crippen molar-refractivity contribution < 1.29 is 38.1 Å². The van der Waals surface area contributed by atoms with E-state index in [1.54, 1.807) is 24.3 Å². The lowest BCUT2D eigenvalue weighted by molar-refractivity contribution is -0.135. The summed E-state index contributed by atoms with van der Waals surface area (Å²) in [6, 6.07) is 44.5. The van der Waals surface area contributed by atoms with Crippen LogP contribution in [0.2, 0.25) is 0 Å². The largest absolute Gasteiger partial charge is 0.466 e. The number of carbonyl (C=O) groups is 4. The first-order chi connectivity index (χ1) is 31.0. The van der Waals surface area contributed by atoms with Gasteiger partial charge in [0.2, 0.25) is 0 Å². The van der Waals surface area contributed by atoms with Crippen LogP contribution in [-0.2, 0) is 38.1 Å². The second kappa shape index (κ2) is 21.5. The zero-order valence-electron chi connectivity index (χ0n) is 36.5. The molecular weight excluding hydrogens is 805 g/mol. The summed E-state index contributed by atoms with van der Waals surface area (Å²) in [5, 5.41) is 0. The third kappa shape index (κ3) is 11.6. The van der Waals surface area contributed by atoms with Gasteiger partial charge < -0.3 is 28.7 Å². The molecule has 6 rings (SSSR count). The molecule has 0 saturated heterocycles. The van der Waals surface area contributed by atoms with E-state index in [2.05, 4.69) is 70.5 Å². The molecule has 10 nitrogen and oxygen atoms in total. The smallest absolute Gasteiger partial charge is 0.330 e. The van der Waals surface area contributed by atoms with Crippen LogP contribution in [0, 0.1) is 13.8 Å². The third-order valence-electron chi connectivity index (χ3n) is 10.3. The number of benzene rings is 6. The highest BCUT2D eigenvalue weighted by molar-refractivity contribution is 5.90. The summed E-state index contributed by atoms with van der Waals surface area (Å²) in [6.07, 6.45) is 12.5. The molecule has 0 fully saturated rings. The summed E-state index contributed by atoms with van der Waals surface area (Å²) in [7, 11) is 5.39. The zero-order chi connectivity index (χ0) is 45.6. The predicted octanol–water partition coefficient (Wildman–Crippen LogP) is 11.7. The number of carbonyl (C=O) groups excluding carboxylic acids is 4. The molecular formula is C54H48N2O8. The number of hydrogen-bond donors (Lipinski definition) is 0. The van der Waals surface area contributed by atoms with E-state index in [1.165, 1.54) is 52.7 Å². The molecule has 6 aromatic carbocycles. The Labute approximate surface area is 373 Å². The summed E-state index contributed by atoms with van der Waals surface area (Å²) in [4.78, 5) is 51.4. The minimum atomic E-state index is -0.431. The molecule has 0 atom stereocenters. The highest BCUT2D eigenvalue weighted by Gasteiger charge is 2.17. The van der Waals surface area contributed by atoms with Crippen LogP contribution in [0.25, 0.3) is 35.4 Å². The molecule has 6 aromatic rings. The Morgan fingerprint density at radius 2 is 0.625 bits per heavy atom. The van der Waals surface area contributed by atoms with Crippen LogP contribution < -0.4 is 9.80 Å². The van der Waals surface area contributed by atoms with Gasteiger partial charge in [0.25, 0.3) is 0 Å². The van der Waals surface area contributed by atoms with E-state index in [9.17, 15) is 19.2 Å². The third-order valence-corrected chi connectivity index (χ3v) is 10.3. The number of nitrogens with zero attached hydrogens (tertiary/aromatic N) is 2. The van der Waals surface area contributed by atoms with Gasteiger partial charge in [-0.2, -0.15) is 0 Å². The standard InChI is InChI=1S/C54H48N2O8/c1-37-35-49(29-13-41(37)19-33-53(59)63-5)55(45-21-7-39(8-22-45)11-31-51(57)61-3)47-25-15-43(16-26-47)44-17-27-48(28-18-44)56(46-23-9-40(10-24-46)12-32-52(58)62-4)50-30-14-42(38(2)36-50)20-34-54(60)64-6/h7-36H,1-6H3/b31-11+,32-12?,33-19+,34-20+. The Kier molecular flexibility index (Phi) is 15.2. The first-order valence-electron chi connectivity index (χ1n) is 20.3. The van der Waals surface area contributed by atoms with Gasteiger partial charge in [-0.05, 0) is 155 Å². The lowest BCUT2D eigenvalue weighted by Gasteiger charge is -2.27. The maximum Gasteiger partial charge on any atom is 0.330 e. The fraction of sp³-hybridized carbons (Fsp3) is 0.111. The lowest BCUT2D eigenvalue weighted by atomic mass is 10.0. The van der Waals surface area contributed by atoms with Crippen LogP contribution in [0.3, 0.4) is 0 Å². The zero-order valence-corrected chi connectivity index (χ0v) is 36.5. The van der Waals surface area contributed by atoms with E-state index in [-0.39, 0.29) is 0 Å². The van der Waals surface area contributed by atoms with Crippen LogP contribution in [0.5, 0.6) is 0 Å². The van der Waals surface area contributed by atoms with E-state index < -0.39 is 23.9 Å². The number of rotatable bonds is 15. The quantitative estimate of drug-likeness (QED) is 0.0562. The van der Waals surface area contributed by atoms with E-state index in [0.29, 0.717) is 0 Å². The molecule has 64 heavy (non-hydrogen) atoms. The Bertz CT molecular complexity index is 2540. The van der Waals surface area contributed by atoms with Crippen LogP contribution in [-0.4, -0.2) is 52.3 Å². The monoisotopic (exact) mass is 852 g/mol. The normalized spacial score (nSPS) is 11.3. The molecule has 0 N–H and O–H groups in total. The molecule has 10 heteroatoms. The number of methoxy groups -OCH3 is 4. The van der Waals surface area contributed by atoms with Gasteiger partial charge in [0, 0.05) is 58.4 Å². The highest BCUT2D eigenvalue weighted by Crippen LogP contribution is 2.39. The molecule has 0 bridgehead atoms. The number of anilines is 6. The van der Waals surface area contributed by atoms with Crippen molar-refractivity contribution in [1.29, 1.82) is 0 Å². The summed E-state index contributed by atoms with van der Waals surface area (Å²) in [5.74, 6) is -1.71. The first kappa shape index (κ1) is 45.3. The van der Waals surface area contributed by atoms with Crippen molar-refractivity contribution in [3.8, 4) is 11.1 Å². The fourth-order valence-electron chi connectivity index (χ4n) is 6.86. The van der Waals surface area contributed by atoms with Crippen LogP contribution >= 0.6 is 0 Å². The van der Waals surface area contributed by atoms with Crippen molar-refractivity contribution in [3.05, 3.63) is 191 Å². The molecule has 0 aromatic heterocycles. The number of hydrogen-bond acceptors (Lipinski definition) is 10. The Hall–Kier alpha value is -8.24. The van der Waals surface area contributed by atoms with Gasteiger partial charge in [0.15, 0.2) is 0 Å². The van der Waals surface area contributed by atoms with Crippen molar-refractivity contribution in [2.75, 3.05) is 38.2 Å². The van der Waals surface area contributed by atoms with Crippen molar-refractivity contribution in [2.45, 2.75) is 13.8 Å². The second-order valence-corrected chi connectivity index (χ2v) is 14.5. The molecule has 0 aliphatic rings. The average Bonchev–Trinajstić information content (AvgIpc) is 3.33. The molecule has 0 aliphatic carbocycles. The van der Waals surface area contributed by atoms with Gasteiger partial charge in [-0.15, -0.1) is 0 Å². The molecule has 0 amide bonds. The SMILES string of the molecule is COC(=O)C=Cc1ccc(N(c2ccc(-c3ccc(N(c4ccc(/C=C/C(=O)OC)cc4)c4ccc(/C=C/C(=O)OC)c(C)c4)cc3)cc2)c2ccc(/C=C/C(=O)OC)c(C)c2)cc1. The van der Waals surface area contributed by atoms with Crippen LogP contribution in [0.15, 0.2) is 158 Å². The summed E-state index contributed by atoms with van der Waals surface area (Å²) in [5.41, 5.74) is 12.9. The highest BCUT2D eigenvalue weighted by atomic mass is 16.5. The molecule has 0 heterocycles. The van der Waals surface area contributed by atoms with E-state index in [0.717, 1.165) is 78.6 Å².